The summed E-state index contributed by atoms with van der Waals surface area (Å²) in [6.45, 7) is 4.05. The van der Waals surface area contributed by atoms with Gasteiger partial charge in [0.05, 0.1) is 9.99 Å². The van der Waals surface area contributed by atoms with Gasteiger partial charge in [-0.1, -0.05) is 7.92 Å². The second-order valence-electron chi connectivity index (χ2n) is 5.58. The van der Waals surface area contributed by atoms with Crippen molar-refractivity contribution in [2.45, 2.75) is 6.18 Å². The minimum Gasteiger partial charge on any atom is -0.339 e. The number of pyridine rings is 1. The normalized spacial score (nSPS) is 12.0. The average molecular weight is 464 g/mol. The SMILES string of the molecule is CP(C)c1c(Nc2nc(Cl)ncc2Br)ccc2nc(C(F)(F)F)ccc12. The van der Waals surface area contributed by atoms with Gasteiger partial charge in [0.25, 0.3) is 0 Å². The molecule has 10 heteroatoms. The Kier molecular flexibility index (Phi) is 5.37. The molecule has 0 aliphatic heterocycles. The van der Waals surface area contributed by atoms with Crippen LogP contribution in [0, 0.1) is 0 Å². The molecule has 0 aliphatic rings. The number of halogens is 5. The van der Waals surface area contributed by atoms with Gasteiger partial charge in [-0.25, -0.2) is 9.97 Å². The number of benzene rings is 1. The number of hydrogen-bond donors (Lipinski definition) is 1. The first-order valence-electron chi connectivity index (χ1n) is 7.30. The third-order valence-corrected chi connectivity index (χ3v) is 5.69. The molecule has 2 aromatic heterocycles. The van der Waals surface area contributed by atoms with E-state index in [2.05, 4.69) is 36.2 Å². The first-order valence-corrected chi connectivity index (χ1v) is 10.7. The molecule has 0 aliphatic carbocycles. The molecule has 0 unspecified atom stereocenters. The highest BCUT2D eigenvalue weighted by Crippen LogP contribution is 2.36. The fourth-order valence-electron chi connectivity index (χ4n) is 2.49. The lowest BCUT2D eigenvalue weighted by atomic mass is 10.1. The summed E-state index contributed by atoms with van der Waals surface area (Å²) in [4.78, 5) is 11.8. The van der Waals surface area contributed by atoms with Gasteiger partial charge in [-0.2, -0.15) is 18.2 Å². The Bertz CT molecular complexity index is 982. The van der Waals surface area contributed by atoms with Crippen molar-refractivity contribution in [1.29, 1.82) is 0 Å². The zero-order valence-electron chi connectivity index (χ0n) is 13.6. The van der Waals surface area contributed by atoms with E-state index >= 15 is 0 Å². The van der Waals surface area contributed by atoms with Crippen LogP contribution in [0.5, 0.6) is 0 Å². The topological polar surface area (TPSA) is 50.7 Å². The molecule has 1 N–H and O–H groups in total. The van der Waals surface area contributed by atoms with Crippen LogP contribution in [-0.4, -0.2) is 28.3 Å². The predicted molar refractivity (Wildman–Crippen MR) is 103 cm³/mol. The monoisotopic (exact) mass is 462 g/mol. The summed E-state index contributed by atoms with van der Waals surface area (Å²) < 4.78 is 39.4. The molecule has 136 valence electrons. The van der Waals surface area contributed by atoms with E-state index in [-0.39, 0.29) is 5.28 Å². The molecular weight excluding hydrogens is 452 g/mol. The number of nitrogens with one attached hydrogen (secondary N) is 1. The number of aromatic nitrogens is 3. The summed E-state index contributed by atoms with van der Waals surface area (Å²) in [6.07, 6.45) is -2.95. The molecule has 1 aromatic carbocycles. The van der Waals surface area contributed by atoms with Crippen molar-refractivity contribution >= 4 is 63.2 Å². The van der Waals surface area contributed by atoms with Crippen LogP contribution in [0.1, 0.15) is 5.69 Å². The minimum absolute atomic E-state index is 0.0878. The van der Waals surface area contributed by atoms with E-state index in [1.54, 1.807) is 12.1 Å². The molecule has 0 atom stereocenters. The Morgan fingerprint density at radius 1 is 1.12 bits per heavy atom. The Hall–Kier alpha value is -1.50. The van der Waals surface area contributed by atoms with Crippen LogP contribution in [0.4, 0.5) is 24.7 Å². The number of anilines is 2. The molecular formula is C16H12BrClF3N4P. The predicted octanol–water partition coefficient (Wildman–Crippen LogP) is 5.57. The van der Waals surface area contributed by atoms with Crippen molar-refractivity contribution in [2.24, 2.45) is 0 Å². The molecule has 0 amide bonds. The molecule has 4 nitrogen and oxygen atoms in total. The van der Waals surface area contributed by atoms with Gasteiger partial charge in [0.2, 0.25) is 5.28 Å². The summed E-state index contributed by atoms with van der Waals surface area (Å²) in [5, 5.41) is 4.85. The number of rotatable bonds is 3. The largest absolute Gasteiger partial charge is 0.433 e. The maximum Gasteiger partial charge on any atom is 0.433 e. The van der Waals surface area contributed by atoms with Gasteiger partial charge in [-0.05, 0) is 65.1 Å². The van der Waals surface area contributed by atoms with Crippen LogP contribution in [-0.2, 0) is 6.18 Å². The summed E-state index contributed by atoms with van der Waals surface area (Å²) >= 11 is 9.20. The molecule has 0 saturated heterocycles. The molecule has 0 fully saturated rings. The van der Waals surface area contributed by atoms with E-state index < -0.39 is 19.8 Å². The number of fused-ring (bicyclic) bond motifs is 1. The molecule has 0 bridgehead atoms. The zero-order chi connectivity index (χ0) is 19.1. The van der Waals surface area contributed by atoms with Gasteiger partial charge >= 0.3 is 6.18 Å². The Morgan fingerprint density at radius 3 is 2.50 bits per heavy atom. The fraction of sp³-hybridized carbons (Fsp3) is 0.188. The summed E-state index contributed by atoms with van der Waals surface area (Å²) in [6, 6.07) is 5.74. The van der Waals surface area contributed by atoms with Crippen molar-refractivity contribution in [2.75, 3.05) is 18.6 Å². The van der Waals surface area contributed by atoms with E-state index in [4.69, 9.17) is 11.6 Å². The quantitative estimate of drug-likeness (QED) is 0.408. The summed E-state index contributed by atoms with van der Waals surface area (Å²) in [5.41, 5.74) is 0.139. The van der Waals surface area contributed by atoms with Gasteiger partial charge in [0, 0.05) is 22.6 Å². The Labute approximate surface area is 162 Å². The molecule has 0 saturated carbocycles. The highest BCUT2D eigenvalue weighted by molar-refractivity contribution is 9.10. The van der Waals surface area contributed by atoms with Crippen LogP contribution in [0.25, 0.3) is 10.9 Å². The van der Waals surface area contributed by atoms with Gasteiger partial charge in [-0.3, -0.25) is 0 Å². The molecule has 2 heterocycles. The van der Waals surface area contributed by atoms with E-state index in [0.717, 1.165) is 17.1 Å². The third-order valence-electron chi connectivity index (χ3n) is 3.55. The van der Waals surface area contributed by atoms with Gasteiger partial charge in [0.1, 0.15) is 11.5 Å². The highest BCUT2D eigenvalue weighted by atomic mass is 79.9. The first kappa shape index (κ1) is 19.3. The smallest absolute Gasteiger partial charge is 0.339 e. The Balaban J connectivity index is 2.14. The summed E-state index contributed by atoms with van der Waals surface area (Å²) in [7, 11) is -0.643. The number of hydrogen-bond acceptors (Lipinski definition) is 4. The van der Waals surface area contributed by atoms with Gasteiger partial charge in [-0.15, -0.1) is 0 Å². The standard InChI is InChI=1S/C16H12BrClF3N4P/c1-26(2)13-8-3-6-12(16(19,20)21)23-10(8)4-5-11(13)24-14-9(17)7-22-15(18)25-14/h3-7H,1-2H3,(H,22,24,25). The van der Waals surface area contributed by atoms with Crippen LogP contribution >= 0.6 is 35.5 Å². The van der Waals surface area contributed by atoms with E-state index in [9.17, 15) is 13.2 Å². The molecule has 0 radical (unpaired) electrons. The van der Waals surface area contributed by atoms with Crippen LogP contribution < -0.4 is 10.6 Å². The number of nitrogens with zero attached hydrogens (tertiary/aromatic N) is 3. The maximum atomic E-state index is 12.9. The van der Waals surface area contributed by atoms with Crippen molar-refractivity contribution in [3.05, 3.63) is 45.9 Å². The second kappa shape index (κ2) is 7.25. The van der Waals surface area contributed by atoms with Crippen molar-refractivity contribution < 1.29 is 13.2 Å². The number of alkyl halides is 3. The van der Waals surface area contributed by atoms with E-state index in [0.29, 0.717) is 21.2 Å². The lowest BCUT2D eigenvalue weighted by Crippen LogP contribution is -2.13. The van der Waals surface area contributed by atoms with Crippen LogP contribution in [0.15, 0.2) is 34.9 Å². The lowest BCUT2D eigenvalue weighted by molar-refractivity contribution is -0.140. The second-order valence-corrected chi connectivity index (χ2v) is 9.01. The van der Waals surface area contributed by atoms with Crippen LogP contribution in [0.3, 0.4) is 0 Å². The van der Waals surface area contributed by atoms with E-state index in [1.165, 1.54) is 12.3 Å². The molecule has 26 heavy (non-hydrogen) atoms. The zero-order valence-corrected chi connectivity index (χ0v) is 16.8. The van der Waals surface area contributed by atoms with Crippen molar-refractivity contribution in [1.82, 2.24) is 15.0 Å². The maximum absolute atomic E-state index is 12.9. The Morgan fingerprint density at radius 2 is 1.85 bits per heavy atom. The van der Waals surface area contributed by atoms with Crippen molar-refractivity contribution in [3.63, 3.8) is 0 Å². The third kappa shape index (κ3) is 3.92. The van der Waals surface area contributed by atoms with E-state index in [1.807, 2.05) is 13.3 Å². The first-order chi connectivity index (χ1) is 12.2. The van der Waals surface area contributed by atoms with Crippen molar-refractivity contribution in [3.8, 4) is 0 Å². The van der Waals surface area contributed by atoms with Gasteiger partial charge < -0.3 is 5.32 Å². The fourth-order valence-corrected chi connectivity index (χ4v) is 4.20. The highest BCUT2D eigenvalue weighted by Gasteiger charge is 2.32. The van der Waals surface area contributed by atoms with Crippen LogP contribution in [0.2, 0.25) is 5.28 Å². The van der Waals surface area contributed by atoms with Gasteiger partial charge in [0.15, 0.2) is 0 Å². The molecule has 3 rings (SSSR count). The summed E-state index contributed by atoms with van der Waals surface area (Å²) in [5.74, 6) is 0.474. The average Bonchev–Trinajstić information content (AvgIpc) is 2.56. The lowest BCUT2D eigenvalue weighted by Gasteiger charge is -2.18. The molecule has 0 spiro atoms. The minimum atomic E-state index is -4.48. The molecule has 3 aromatic rings.